The van der Waals surface area contributed by atoms with Gasteiger partial charge in [-0.25, -0.2) is 4.98 Å². The van der Waals surface area contributed by atoms with Crippen LogP contribution in [0.3, 0.4) is 0 Å². The Morgan fingerprint density at radius 1 is 1.40 bits per heavy atom. The summed E-state index contributed by atoms with van der Waals surface area (Å²) in [4.78, 5) is 19.5. The number of pyridine rings is 1. The van der Waals surface area contributed by atoms with Gasteiger partial charge < -0.3 is 9.64 Å². The first-order valence-corrected chi connectivity index (χ1v) is 10.9. The number of anilines is 1. The zero-order valence-electron chi connectivity index (χ0n) is 17.3. The van der Waals surface area contributed by atoms with Gasteiger partial charge in [-0.1, -0.05) is 12.1 Å². The van der Waals surface area contributed by atoms with Crippen LogP contribution < -0.4 is 4.90 Å². The van der Waals surface area contributed by atoms with E-state index in [9.17, 15) is 10.1 Å². The van der Waals surface area contributed by atoms with E-state index < -0.39 is 0 Å². The fourth-order valence-corrected chi connectivity index (χ4v) is 4.70. The number of ether oxygens (including phenoxy) is 1. The molecule has 0 N–H and O–H groups in total. The molecule has 0 amide bonds. The first kappa shape index (κ1) is 20.5. The molecule has 2 aromatic heterocycles. The predicted molar refractivity (Wildman–Crippen MR) is 118 cm³/mol. The van der Waals surface area contributed by atoms with Gasteiger partial charge >= 0.3 is 5.97 Å². The Morgan fingerprint density at radius 2 is 2.20 bits per heavy atom. The van der Waals surface area contributed by atoms with Crippen LogP contribution in [0.25, 0.3) is 16.7 Å². The number of halogens is 1. The zero-order valence-corrected chi connectivity index (χ0v) is 18.1. The molecule has 1 saturated heterocycles. The molecule has 1 fully saturated rings. The van der Waals surface area contributed by atoms with E-state index in [2.05, 4.69) is 15.4 Å². The average Bonchev–Trinajstić information content (AvgIpc) is 3.13. The first-order chi connectivity index (χ1) is 14.6. The molecule has 1 aromatic carbocycles. The van der Waals surface area contributed by atoms with Crippen molar-refractivity contribution in [1.29, 1.82) is 5.26 Å². The highest BCUT2D eigenvalue weighted by molar-refractivity contribution is 6.18. The number of imidazole rings is 1. The van der Waals surface area contributed by atoms with Gasteiger partial charge in [0.05, 0.1) is 29.1 Å². The summed E-state index contributed by atoms with van der Waals surface area (Å²) in [5, 5.41) is 9.90. The normalized spacial score (nSPS) is 16.7. The summed E-state index contributed by atoms with van der Waals surface area (Å²) in [7, 11) is 0. The van der Waals surface area contributed by atoms with Gasteiger partial charge in [-0.15, -0.1) is 11.6 Å². The third-order valence-corrected chi connectivity index (χ3v) is 6.08. The number of piperidine rings is 1. The fourth-order valence-electron chi connectivity index (χ4n) is 4.51. The maximum absolute atomic E-state index is 12.4. The van der Waals surface area contributed by atoms with Crippen LogP contribution in [-0.2, 0) is 16.0 Å². The molecule has 6 nitrogen and oxygen atoms in total. The standard InChI is InChI=1S/C23H25ClN4O2/c1-3-30-23(29)16-7-6-12-27(14-16)22-17(10-11-24)15(2)18(13-25)21-26-19-8-4-5-9-20(19)28(21)22/h4-5,8-9,16H,3,6-7,10-12,14H2,1-2H3. The molecule has 1 atom stereocenters. The van der Waals surface area contributed by atoms with Gasteiger partial charge in [0.1, 0.15) is 11.9 Å². The second-order valence-electron chi connectivity index (χ2n) is 7.65. The van der Waals surface area contributed by atoms with Crippen molar-refractivity contribution >= 4 is 40.1 Å². The van der Waals surface area contributed by atoms with Crippen molar-refractivity contribution in [1.82, 2.24) is 9.38 Å². The molecule has 0 saturated carbocycles. The fraction of sp³-hybridized carbons (Fsp3) is 0.435. The minimum atomic E-state index is -0.164. The maximum Gasteiger partial charge on any atom is 0.310 e. The van der Waals surface area contributed by atoms with Crippen molar-refractivity contribution in [2.24, 2.45) is 5.92 Å². The summed E-state index contributed by atoms with van der Waals surface area (Å²) in [6.45, 7) is 5.61. The van der Waals surface area contributed by atoms with E-state index in [1.54, 1.807) is 0 Å². The van der Waals surface area contributed by atoms with Crippen LogP contribution in [0, 0.1) is 24.2 Å². The van der Waals surface area contributed by atoms with Crippen LogP contribution in [0.5, 0.6) is 0 Å². The minimum absolute atomic E-state index is 0.141. The van der Waals surface area contributed by atoms with Crippen LogP contribution in [0.4, 0.5) is 5.82 Å². The van der Waals surface area contributed by atoms with E-state index in [-0.39, 0.29) is 11.9 Å². The van der Waals surface area contributed by atoms with Crippen molar-refractivity contribution < 1.29 is 9.53 Å². The van der Waals surface area contributed by atoms with Gasteiger partial charge in [0.25, 0.3) is 0 Å². The van der Waals surface area contributed by atoms with Crippen molar-refractivity contribution in [2.45, 2.75) is 33.1 Å². The number of nitrogens with zero attached hydrogens (tertiary/aromatic N) is 4. The smallest absolute Gasteiger partial charge is 0.310 e. The molecule has 7 heteroatoms. The molecule has 4 rings (SSSR count). The minimum Gasteiger partial charge on any atom is -0.466 e. The number of esters is 1. The third-order valence-electron chi connectivity index (χ3n) is 5.89. The number of hydrogen-bond acceptors (Lipinski definition) is 5. The topological polar surface area (TPSA) is 70.6 Å². The number of benzene rings is 1. The lowest BCUT2D eigenvalue weighted by Gasteiger charge is -2.35. The number of fused-ring (bicyclic) bond motifs is 3. The Balaban J connectivity index is 1.96. The summed E-state index contributed by atoms with van der Waals surface area (Å²) in [6.07, 6.45) is 2.36. The predicted octanol–water partition coefficient (Wildman–Crippen LogP) is 4.23. The lowest BCUT2D eigenvalue weighted by Crippen LogP contribution is -2.41. The first-order valence-electron chi connectivity index (χ1n) is 10.4. The van der Waals surface area contributed by atoms with E-state index in [0.29, 0.717) is 36.7 Å². The Morgan fingerprint density at radius 3 is 2.93 bits per heavy atom. The lowest BCUT2D eigenvalue weighted by molar-refractivity contribution is -0.148. The number of nitriles is 1. The molecule has 3 aromatic rings. The molecule has 1 aliphatic heterocycles. The molecule has 1 aliphatic rings. The molecule has 0 aliphatic carbocycles. The van der Waals surface area contributed by atoms with Gasteiger partial charge in [-0.3, -0.25) is 9.20 Å². The molecular weight excluding hydrogens is 400 g/mol. The number of carbonyl (C=O) groups is 1. The molecule has 30 heavy (non-hydrogen) atoms. The number of hydrogen-bond donors (Lipinski definition) is 0. The van der Waals surface area contributed by atoms with Crippen molar-refractivity contribution in [2.75, 3.05) is 30.5 Å². The van der Waals surface area contributed by atoms with Gasteiger partial charge in [0.15, 0.2) is 5.65 Å². The maximum atomic E-state index is 12.4. The van der Waals surface area contributed by atoms with Crippen LogP contribution >= 0.6 is 11.6 Å². The highest BCUT2D eigenvalue weighted by atomic mass is 35.5. The molecule has 0 bridgehead atoms. The molecule has 0 radical (unpaired) electrons. The number of rotatable bonds is 5. The molecule has 3 heterocycles. The SMILES string of the molecule is CCOC(=O)C1CCCN(c2c(CCCl)c(C)c(C#N)c3nc4ccccc4n23)C1. The summed E-state index contributed by atoms with van der Waals surface area (Å²) in [5.41, 5.74) is 4.98. The van der Waals surface area contributed by atoms with Gasteiger partial charge in [0, 0.05) is 19.0 Å². The highest BCUT2D eigenvalue weighted by Crippen LogP contribution is 2.35. The van der Waals surface area contributed by atoms with E-state index in [1.807, 2.05) is 38.1 Å². The van der Waals surface area contributed by atoms with Crippen molar-refractivity contribution in [3.05, 3.63) is 41.0 Å². The van der Waals surface area contributed by atoms with E-state index in [1.165, 1.54) is 0 Å². The summed E-state index contributed by atoms with van der Waals surface area (Å²) in [5.74, 6) is 1.14. The number of carbonyl (C=O) groups excluding carboxylic acids is 1. The molecular formula is C23H25ClN4O2. The molecule has 0 spiro atoms. The van der Waals surface area contributed by atoms with Crippen LogP contribution in [0.2, 0.25) is 0 Å². The van der Waals surface area contributed by atoms with E-state index in [4.69, 9.17) is 21.3 Å². The van der Waals surface area contributed by atoms with Crippen LogP contribution in [-0.4, -0.2) is 40.9 Å². The highest BCUT2D eigenvalue weighted by Gasteiger charge is 2.31. The van der Waals surface area contributed by atoms with E-state index in [0.717, 1.165) is 47.4 Å². The Bertz CT molecular complexity index is 1150. The zero-order chi connectivity index (χ0) is 21.3. The van der Waals surface area contributed by atoms with Crippen LogP contribution in [0.1, 0.15) is 36.5 Å². The number of aromatic nitrogens is 2. The molecule has 156 valence electrons. The van der Waals surface area contributed by atoms with Crippen molar-refractivity contribution in [3.8, 4) is 6.07 Å². The Hall–Kier alpha value is -2.78. The Kier molecular flexibility index (Phi) is 5.83. The number of alkyl halides is 1. The third kappa shape index (κ3) is 3.37. The molecule has 1 unspecified atom stereocenters. The monoisotopic (exact) mass is 424 g/mol. The summed E-state index contributed by atoms with van der Waals surface area (Å²) < 4.78 is 7.38. The second kappa shape index (κ2) is 8.53. The van der Waals surface area contributed by atoms with Crippen LogP contribution in [0.15, 0.2) is 24.3 Å². The summed E-state index contributed by atoms with van der Waals surface area (Å²) >= 11 is 6.18. The van der Waals surface area contributed by atoms with Crippen molar-refractivity contribution in [3.63, 3.8) is 0 Å². The summed E-state index contributed by atoms with van der Waals surface area (Å²) in [6, 6.07) is 10.3. The van der Waals surface area contributed by atoms with Gasteiger partial charge in [-0.05, 0) is 56.4 Å². The lowest BCUT2D eigenvalue weighted by atomic mass is 9.96. The van der Waals surface area contributed by atoms with E-state index >= 15 is 0 Å². The van der Waals surface area contributed by atoms with Gasteiger partial charge in [-0.2, -0.15) is 5.26 Å². The largest absolute Gasteiger partial charge is 0.466 e. The second-order valence-corrected chi connectivity index (χ2v) is 8.03. The number of para-hydroxylation sites is 2. The van der Waals surface area contributed by atoms with Gasteiger partial charge in [0.2, 0.25) is 0 Å². The Labute approximate surface area is 181 Å². The quantitative estimate of drug-likeness (QED) is 0.452. The average molecular weight is 425 g/mol.